The van der Waals surface area contributed by atoms with Gasteiger partial charge in [-0.15, -0.1) is 0 Å². The minimum atomic E-state index is -0.996. The van der Waals surface area contributed by atoms with Crippen LogP contribution < -0.4 is 19.9 Å². The standard InChI is InChI=1S/C20H18N2O5/c1-11-7-9-12(10-8-11)22-19(23)15-16(21-27-18(15)20(22)24)13-5-4-6-14(25-2)17(13)26-3/h4-10,18,21H,1-3H3/t18-/m1/s1. The molecule has 0 saturated carbocycles. The second kappa shape index (κ2) is 6.44. The SMILES string of the molecule is COc1cccc(C2=C3C(=O)N(c4ccc(C)cc4)C(=O)[C@@H]3ON2)c1OC. The predicted octanol–water partition coefficient (Wildman–Crippen LogP) is 2.20. The molecule has 0 spiro atoms. The summed E-state index contributed by atoms with van der Waals surface area (Å²) in [5.41, 5.74) is 5.52. The number of para-hydroxylation sites is 1. The van der Waals surface area contributed by atoms with E-state index in [9.17, 15) is 9.59 Å². The molecular weight excluding hydrogens is 348 g/mol. The first-order valence-electron chi connectivity index (χ1n) is 8.39. The Morgan fingerprint density at radius 1 is 1.04 bits per heavy atom. The summed E-state index contributed by atoms with van der Waals surface area (Å²) in [7, 11) is 3.05. The number of imide groups is 1. The summed E-state index contributed by atoms with van der Waals surface area (Å²) in [6, 6.07) is 12.5. The fourth-order valence-electron chi connectivity index (χ4n) is 3.32. The molecule has 7 nitrogen and oxygen atoms in total. The van der Waals surface area contributed by atoms with E-state index in [1.54, 1.807) is 30.3 Å². The lowest BCUT2D eigenvalue weighted by molar-refractivity contribution is -0.127. The van der Waals surface area contributed by atoms with Gasteiger partial charge in [0.1, 0.15) is 0 Å². The molecule has 2 aromatic carbocycles. The molecule has 2 aliphatic rings. The Balaban J connectivity index is 1.83. The van der Waals surface area contributed by atoms with Gasteiger partial charge in [0, 0.05) is 5.56 Å². The van der Waals surface area contributed by atoms with E-state index in [-0.39, 0.29) is 5.57 Å². The Labute approximate surface area is 156 Å². The predicted molar refractivity (Wildman–Crippen MR) is 98.1 cm³/mol. The van der Waals surface area contributed by atoms with Gasteiger partial charge in [-0.2, -0.15) is 0 Å². The molecule has 2 heterocycles. The first kappa shape index (κ1) is 17.1. The molecule has 27 heavy (non-hydrogen) atoms. The summed E-state index contributed by atoms with van der Waals surface area (Å²) in [6.45, 7) is 1.94. The molecule has 1 atom stereocenters. The Morgan fingerprint density at radius 2 is 1.78 bits per heavy atom. The maximum atomic E-state index is 13.1. The molecule has 0 aromatic heterocycles. The van der Waals surface area contributed by atoms with Gasteiger partial charge in [-0.25, -0.2) is 4.90 Å². The van der Waals surface area contributed by atoms with Crippen LogP contribution in [0.4, 0.5) is 5.69 Å². The van der Waals surface area contributed by atoms with Crippen molar-refractivity contribution in [2.75, 3.05) is 19.1 Å². The number of nitrogens with zero attached hydrogens (tertiary/aromatic N) is 1. The van der Waals surface area contributed by atoms with Crippen LogP contribution in [0.2, 0.25) is 0 Å². The molecule has 4 rings (SSSR count). The first-order valence-corrected chi connectivity index (χ1v) is 8.39. The number of hydrogen-bond donors (Lipinski definition) is 1. The number of amides is 2. The Bertz CT molecular complexity index is 965. The van der Waals surface area contributed by atoms with Gasteiger partial charge < -0.3 is 9.47 Å². The number of rotatable bonds is 4. The number of hydroxylamine groups is 1. The van der Waals surface area contributed by atoms with Gasteiger partial charge in [0.05, 0.1) is 31.2 Å². The van der Waals surface area contributed by atoms with E-state index in [2.05, 4.69) is 5.48 Å². The van der Waals surface area contributed by atoms with E-state index in [1.165, 1.54) is 14.2 Å². The maximum Gasteiger partial charge on any atom is 0.270 e. The van der Waals surface area contributed by atoms with Gasteiger partial charge in [0.2, 0.25) is 0 Å². The van der Waals surface area contributed by atoms with Gasteiger partial charge in [-0.05, 0) is 31.2 Å². The van der Waals surface area contributed by atoms with Crippen molar-refractivity contribution in [3.8, 4) is 11.5 Å². The molecule has 0 unspecified atom stereocenters. The third-order valence-corrected chi connectivity index (χ3v) is 4.65. The molecule has 7 heteroatoms. The summed E-state index contributed by atoms with van der Waals surface area (Å²) in [5.74, 6) is 0.121. The van der Waals surface area contributed by atoms with Crippen molar-refractivity contribution in [3.05, 3.63) is 59.2 Å². The zero-order valence-corrected chi connectivity index (χ0v) is 15.1. The Morgan fingerprint density at radius 3 is 2.44 bits per heavy atom. The molecule has 0 bridgehead atoms. The second-order valence-corrected chi connectivity index (χ2v) is 6.24. The Kier molecular flexibility index (Phi) is 4.08. The molecule has 2 amide bonds. The minimum absolute atomic E-state index is 0.257. The summed E-state index contributed by atoms with van der Waals surface area (Å²) in [5, 5.41) is 0. The van der Waals surface area contributed by atoms with Gasteiger partial charge in [0.15, 0.2) is 17.6 Å². The first-order chi connectivity index (χ1) is 13.1. The third-order valence-electron chi connectivity index (χ3n) is 4.65. The fraction of sp³-hybridized carbons (Fsp3) is 0.200. The van der Waals surface area contributed by atoms with Crippen molar-refractivity contribution < 1.29 is 23.9 Å². The van der Waals surface area contributed by atoms with E-state index in [1.807, 2.05) is 19.1 Å². The molecule has 2 aromatic rings. The van der Waals surface area contributed by atoms with Crippen LogP contribution in [-0.2, 0) is 14.4 Å². The van der Waals surface area contributed by atoms with Crippen molar-refractivity contribution in [3.63, 3.8) is 0 Å². The highest BCUT2D eigenvalue weighted by Gasteiger charge is 2.51. The maximum absolute atomic E-state index is 13.1. The van der Waals surface area contributed by atoms with Crippen LogP contribution >= 0.6 is 0 Å². The average molecular weight is 366 g/mol. The number of ether oxygens (including phenoxy) is 2. The summed E-state index contributed by atoms with van der Waals surface area (Å²) in [4.78, 5) is 32.5. The normalized spacial score (nSPS) is 18.6. The van der Waals surface area contributed by atoms with Crippen LogP contribution in [-0.4, -0.2) is 32.1 Å². The van der Waals surface area contributed by atoms with Gasteiger partial charge in [-0.3, -0.25) is 19.9 Å². The van der Waals surface area contributed by atoms with Gasteiger partial charge in [-0.1, -0.05) is 23.8 Å². The molecule has 1 N–H and O–H groups in total. The summed E-state index contributed by atoms with van der Waals surface area (Å²) < 4.78 is 10.8. The van der Waals surface area contributed by atoms with E-state index < -0.39 is 17.9 Å². The van der Waals surface area contributed by atoms with E-state index in [4.69, 9.17) is 14.3 Å². The second-order valence-electron chi connectivity index (χ2n) is 6.24. The van der Waals surface area contributed by atoms with Crippen molar-refractivity contribution >= 4 is 23.2 Å². The molecule has 0 aliphatic carbocycles. The van der Waals surface area contributed by atoms with Crippen LogP contribution in [0.25, 0.3) is 5.70 Å². The van der Waals surface area contributed by atoms with Gasteiger partial charge >= 0.3 is 0 Å². The monoisotopic (exact) mass is 366 g/mol. The fourth-order valence-corrected chi connectivity index (χ4v) is 3.32. The highest BCUT2D eigenvalue weighted by molar-refractivity contribution is 6.33. The highest BCUT2D eigenvalue weighted by Crippen LogP contribution is 2.41. The lowest BCUT2D eigenvalue weighted by Crippen LogP contribution is -2.34. The van der Waals surface area contributed by atoms with E-state index in [0.717, 1.165) is 10.5 Å². The average Bonchev–Trinajstić information content (AvgIpc) is 3.22. The largest absolute Gasteiger partial charge is 0.493 e. The number of carbonyl (C=O) groups excluding carboxylic acids is 2. The highest BCUT2D eigenvalue weighted by atomic mass is 16.7. The summed E-state index contributed by atoms with van der Waals surface area (Å²) >= 11 is 0. The number of carbonyl (C=O) groups is 2. The number of methoxy groups -OCH3 is 2. The molecule has 138 valence electrons. The molecule has 0 radical (unpaired) electrons. The number of anilines is 1. The number of aryl methyl sites for hydroxylation is 1. The quantitative estimate of drug-likeness (QED) is 0.836. The number of benzene rings is 2. The van der Waals surface area contributed by atoms with E-state index >= 15 is 0 Å². The van der Waals surface area contributed by atoms with Gasteiger partial charge in [0.25, 0.3) is 11.8 Å². The van der Waals surface area contributed by atoms with Crippen molar-refractivity contribution in [2.24, 2.45) is 0 Å². The zero-order valence-electron chi connectivity index (χ0n) is 15.1. The molecular formula is C20H18N2O5. The Hall–Kier alpha value is -3.32. The van der Waals surface area contributed by atoms with Crippen LogP contribution in [0.15, 0.2) is 48.0 Å². The smallest absolute Gasteiger partial charge is 0.270 e. The number of hydrogen-bond acceptors (Lipinski definition) is 6. The number of nitrogens with one attached hydrogen (secondary N) is 1. The molecule has 1 saturated heterocycles. The zero-order chi connectivity index (χ0) is 19.1. The summed E-state index contributed by atoms with van der Waals surface area (Å²) in [6.07, 6.45) is -0.996. The topological polar surface area (TPSA) is 77.1 Å². The minimum Gasteiger partial charge on any atom is -0.493 e. The van der Waals surface area contributed by atoms with Crippen molar-refractivity contribution in [2.45, 2.75) is 13.0 Å². The van der Waals surface area contributed by atoms with Crippen LogP contribution in [0.5, 0.6) is 11.5 Å². The lowest BCUT2D eigenvalue weighted by Gasteiger charge is -2.17. The molecule has 2 aliphatic heterocycles. The van der Waals surface area contributed by atoms with E-state index in [0.29, 0.717) is 28.4 Å². The lowest BCUT2D eigenvalue weighted by atomic mass is 10.0. The molecule has 1 fully saturated rings. The van der Waals surface area contributed by atoms with Crippen LogP contribution in [0, 0.1) is 6.92 Å². The van der Waals surface area contributed by atoms with Crippen molar-refractivity contribution in [1.82, 2.24) is 5.48 Å². The van der Waals surface area contributed by atoms with Crippen molar-refractivity contribution in [1.29, 1.82) is 0 Å². The third kappa shape index (κ3) is 2.55. The van der Waals surface area contributed by atoms with Crippen LogP contribution in [0.3, 0.4) is 0 Å². The van der Waals surface area contributed by atoms with Crippen LogP contribution in [0.1, 0.15) is 11.1 Å². The number of fused-ring (bicyclic) bond motifs is 1.